The third-order valence-corrected chi connectivity index (χ3v) is 7.01. The van der Waals surface area contributed by atoms with E-state index >= 15 is 0 Å². The van der Waals surface area contributed by atoms with Crippen molar-refractivity contribution in [1.29, 1.82) is 5.26 Å². The van der Waals surface area contributed by atoms with Crippen LogP contribution in [0.2, 0.25) is 0 Å². The number of fused-ring (bicyclic) bond motifs is 1. The number of nitrogens with zero attached hydrogens (tertiary/aromatic N) is 5. The van der Waals surface area contributed by atoms with E-state index in [9.17, 15) is 4.79 Å². The first-order valence-electron chi connectivity index (χ1n) is 8.88. The molecule has 150 valence electrons. The lowest BCUT2D eigenvalue weighted by Crippen LogP contribution is -2.09. The number of aromatic nitrogens is 4. The molecule has 0 fully saturated rings. The Morgan fingerprint density at radius 3 is 2.70 bits per heavy atom. The van der Waals surface area contributed by atoms with E-state index in [0.717, 1.165) is 26.1 Å². The zero-order valence-electron chi connectivity index (χ0n) is 15.6. The Labute approximate surface area is 185 Å². The summed E-state index contributed by atoms with van der Waals surface area (Å²) in [5, 5.41) is 17.7. The molecule has 2 aromatic carbocycles. The molecule has 4 rings (SSSR count). The summed E-state index contributed by atoms with van der Waals surface area (Å²) >= 11 is 4.48. The van der Waals surface area contributed by atoms with Gasteiger partial charge in [0.1, 0.15) is 11.9 Å². The second-order valence-electron chi connectivity index (χ2n) is 5.91. The van der Waals surface area contributed by atoms with E-state index in [4.69, 9.17) is 10.00 Å². The summed E-state index contributed by atoms with van der Waals surface area (Å²) in [6, 6.07) is 19.6. The predicted octanol–water partition coefficient (Wildman–Crippen LogP) is 4.33. The fourth-order valence-corrected chi connectivity index (χ4v) is 5.39. The Morgan fingerprint density at radius 1 is 1.10 bits per heavy atom. The number of carbonyl (C=O) groups excluding carboxylic acids is 1. The van der Waals surface area contributed by atoms with Crippen LogP contribution in [0.25, 0.3) is 15.9 Å². The monoisotopic (exact) mass is 453 g/mol. The summed E-state index contributed by atoms with van der Waals surface area (Å²) in [5.41, 5.74) is 1.90. The van der Waals surface area contributed by atoms with E-state index in [0.29, 0.717) is 10.9 Å². The van der Waals surface area contributed by atoms with Gasteiger partial charge in [0.05, 0.1) is 21.7 Å². The molecular formula is C20H15N5O2S3. The smallest absolute Gasteiger partial charge is 0.317 e. The molecule has 4 aromatic rings. The van der Waals surface area contributed by atoms with Crippen LogP contribution in [-0.4, -0.2) is 38.1 Å². The molecule has 0 unspecified atom stereocenters. The molecule has 0 amide bonds. The minimum Gasteiger partial charge on any atom is -0.450 e. The largest absolute Gasteiger partial charge is 0.450 e. The summed E-state index contributed by atoms with van der Waals surface area (Å²) in [6.07, 6.45) is 0. The van der Waals surface area contributed by atoms with Crippen LogP contribution in [0.1, 0.15) is 5.82 Å². The Hall–Kier alpha value is -2.87. The SMILES string of the molecule is N#CCOC(=O)CSc1nnc(CSc2nc3ccccc3s2)n1-c1ccccc1. The first-order valence-corrected chi connectivity index (χ1v) is 11.7. The number of thioether (sulfide) groups is 2. The van der Waals surface area contributed by atoms with Gasteiger partial charge in [-0.3, -0.25) is 9.36 Å². The second kappa shape index (κ2) is 9.75. The molecule has 2 aromatic heterocycles. The quantitative estimate of drug-likeness (QED) is 0.287. The van der Waals surface area contributed by atoms with Crippen LogP contribution >= 0.6 is 34.9 Å². The molecule has 0 bridgehead atoms. The van der Waals surface area contributed by atoms with Crippen LogP contribution in [0, 0.1) is 11.3 Å². The molecule has 0 N–H and O–H groups in total. The predicted molar refractivity (Wildman–Crippen MR) is 118 cm³/mol. The number of hydrogen-bond acceptors (Lipinski definition) is 9. The van der Waals surface area contributed by atoms with Crippen molar-refractivity contribution in [1.82, 2.24) is 19.7 Å². The average Bonchev–Trinajstić information content (AvgIpc) is 3.38. The topological polar surface area (TPSA) is 93.7 Å². The average molecular weight is 454 g/mol. The summed E-state index contributed by atoms with van der Waals surface area (Å²) < 4.78 is 8.86. The Balaban J connectivity index is 1.54. The molecule has 0 aliphatic heterocycles. The number of rotatable bonds is 8. The van der Waals surface area contributed by atoms with Gasteiger partial charge in [-0.05, 0) is 24.3 Å². The number of benzene rings is 2. The minimum atomic E-state index is -0.463. The fourth-order valence-electron chi connectivity index (χ4n) is 2.64. The lowest BCUT2D eigenvalue weighted by molar-refractivity contribution is -0.139. The first kappa shape index (κ1) is 20.4. The van der Waals surface area contributed by atoms with E-state index in [1.807, 2.05) is 53.1 Å². The maximum absolute atomic E-state index is 11.8. The number of para-hydroxylation sites is 2. The van der Waals surface area contributed by atoms with Crippen LogP contribution in [0.15, 0.2) is 64.1 Å². The number of hydrogen-bond donors (Lipinski definition) is 0. The lowest BCUT2D eigenvalue weighted by Gasteiger charge is -2.09. The van der Waals surface area contributed by atoms with Gasteiger partial charge >= 0.3 is 5.97 Å². The molecule has 0 aliphatic carbocycles. The summed E-state index contributed by atoms with van der Waals surface area (Å²) in [4.78, 5) is 16.4. The van der Waals surface area contributed by atoms with Gasteiger partial charge in [-0.1, -0.05) is 53.9 Å². The van der Waals surface area contributed by atoms with E-state index in [1.54, 1.807) is 29.2 Å². The third-order valence-electron chi connectivity index (χ3n) is 3.93. The van der Waals surface area contributed by atoms with E-state index in [2.05, 4.69) is 21.2 Å². The van der Waals surface area contributed by atoms with Crippen molar-refractivity contribution in [3.63, 3.8) is 0 Å². The van der Waals surface area contributed by atoms with Crippen LogP contribution in [0.5, 0.6) is 0 Å². The van der Waals surface area contributed by atoms with Gasteiger partial charge in [-0.2, -0.15) is 5.26 Å². The van der Waals surface area contributed by atoms with Gasteiger partial charge in [0, 0.05) is 5.69 Å². The maximum Gasteiger partial charge on any atom is 0.317 e. The van der Waals surface area contributed by atoms with E-state index in [1.165, 1.54) is 11.8 Å². The standard InChI is InChI=1S/C20H15N5O2S3/c21-10-11-27-18(26)13-28-19-24-23-17(25(19)14-6-2-1-3-7-14)12-29-20-22-15-8-4-5-9-16(15)30-20/h1-9H,11-13H2. The highest BCUT2D eigenvalue weighted by Crippen LogP contribution is 2.32. The molecule has 7 nitrogen and oxygen atoms in total. The number of ether oxygens (including phenoxy) is 1. The highest BCUT2D eigenvalue weighted by molar-refractivity contribution is 8.00. The number of carbonyl (C=O) groups is 1. The number of thiazole rings is 1. The van der Waals surface area contributed by atoms with Crippen LogP contribution in [0.3, 0.4) is 0 Å². The highest BCUT2D eigenvalue weighted by Gasteiger charge is 2.17. The first-order chi connectivity index (χ1) is 14.7. The van der Waals surface area contributed by atoms with E-state index in [-0.39, 0.29) is 12.4 Å². The van der Waals surface area contributed by atoms with Crippen LogP contribution < -0.4 is 0 Å². The molecule has 10 heteroatoms. The van der Waals surface area contributed by atoms with Gasteiger partial charge in [0.2, 0.25) is 0 Å². The maximum atomic E-state index is 11.8. The van der Waals surface area contributed by atoms with Crippen molar-refractivity contribution in [2.24, 2.45) is 0 Å². The zero-order chi connectivity index (χ0) is 20.8. The lowest BCUT2D eigenvalue weighted by atomic mass is 10.3. The molecule has 0 radical (unpaired) electrons. The molecule has 30 heavy (non-hydrogen) atoms. The van der Waals surface area contributed by atoms with Crippen molar-refractivity contribution in [2.75, 3.05) is 12.4 Å². The second-order valence-corrected chi connectivity index (χ2v) is 9.11. The Kier molecular flexibility index (Phi) is 6.63. The fraction of sp³-hybridized carbons (Fsp3) is 0.150. The van der Waals surface area contributed by atoms with Crippen LogP contribution in [-0.2, 0) is 15.3 Å². The third kappa shape index (κ3) is 4.81. The Morgan fingerprint density at radius 2 is 1.90 bits per heavy atom. The van der Waals surface area contributed by atoms with E-state index < -0.39 is 5.97 Å². The minimum absolute atomic E-state index is 0.0532. The van der Waals surface area contributed by atoms with Gasteiger partial charge < -0.3 is 4.74 Å². The normalized spacial score (nSPS) is 10.8. The van der Waals surface area contributed by atoms with Gasteiger partial charge in [0.15, 0.2) is 16.1 Å². The highest BCUT2D eigenvalue weighted by atomic mass is 32.2. The van der Waals surface area contributed by atoms with Gasteiger partial charge in [-0.25, -0.2) is 4.98 Å². The number of esters is 1. The van der Waals surface area contributed by atoms with Gasteiger partial charge in [0.25, 0.3) is 0 Å². The number of nitriles is 1. The summed E-state index contributed by atoms with van der Waals surface area (Å²) in [7, 11) is 0. The van der Waals surface area contributed by atoms with Crippen molar-refractivity contribution >= 4 is 51.0 Å². The molecule has 0 spiro atoms. The Bertz CT molecular complexity index is 1170. The summed E-state index contributed by atoms with van der Waals surface area (Å²) in [6.45, 7) is -0.255. The molecule has 2 heterocycles. The molecule has 0 aliphatic rings. The van der Waals surface area contributed by atoms with Crippen molar-refractivity contribution in [3.05, 3.63) is 60.4 Å². The van der Waals surface area contributed by atoms with Gasteiger partial charge in [-0.15, -0.1) is 21.5 Å². The van der Waals surface area contributed by atoms with Crippen molar-refractivity contribution in [2.45, 2.75) is 15.2 Å². The molecular weight excluding hydrogens is 438 g/mol. The molecule has 0 saturated carbocycles. The van der Waals surface area contributed by atoms with Crippen molar-refractivity contribution in [3.8, 4) is 11.8 Å². The zero-order valence-corrected chi connectivity index (χ0v) is 18.0. The molecule has 0 saturated heterocycles. The summed E-state index contributed by atoms with van der Waals surface area (Å²) in [5.74, 6) is 0.937. The molecule has 0 atom stereocenters. The van der Waals surface area contributed by atoms with Crippen LogP contribution in [0.4, 0.5) is 0 Å². The van der Waals surface area contributed by atoms with Crippen molar-refractivity contribution < 1.29 is 9.53 Å².